The van der Waals surface area contributed by atoms with E-state index in [4.69, 9.17) is 38.7 Å². The quantitative estimate of drug-likeness (QED) is 0.226. The van der Waals surface area contributed by atoms with Crippen LogP contribution in [0.15, 0.2) is 42.5 Å². The summed E-state index contributed by atoms with van der Waals surface area (Å²) < 4.78 is 6.00. The van der Waals surface area contributed by atoms with Gasteiger partial charge in [0.25, 0.3) is 5.91 Å². The minimum atomic E-state index is -1.15. The molecule has 1 amide bonds. The number of hydrogen-bond donors (Lipinski definition) is 2. The lowest BCUT2D eigenvalue weighted by molar-refractivity contribution is -0.118. The molecule has 1 aliphatic rings. The molecular weight excluding hydrogens is 549 g/mol. The number of halogens is 2. The second kappa shape index (κ2) is 13.0. The third-order valence-electron chi connectivity index (χ3n) is 7.19. The van der Waals surface area contributed by atoms with E-state index in [0.29, 0.717) is 47.2 Å². The molecule has 1 aliphatic carbocycles. The highest BCUT2D eigenvalue weighted by Gasteiger charge is 2.40. The predicted octanol–water partition coefficient (Wildman–Crippen LogP) is 5.88. The molecule has 10 heteroatoms. The van der Waals surface area contributed by atoms with E-state index in [9.17, 15) is 9.59 Å². The number of aryl methyl sites for hydroxylation is 1. The highest BCUT2D eigenvalue weighted by Crippen LogP contribution is 2.37. The Morgan fingerprint density at radius 1 is 1.07 bits per heavy atom. The van der Waals surface area contributed by atoms with Crippen molar-refractivity contribution in [1.29, 1.82) is 0 Å². The zero-order chi connectivity index (χ0) is 28.9. The fourth-order valence-electron chi connectivity index (χ4n) is 4.97. The molecule has 0 saturated heterocycles. The summed E-state index contributed by atoms with van der Waals surface area (Å²) in [6, 6.07) is 13.1. The van der Waals surface area contributed by atoms with Crippen LogP contribution in [-0.2, 0) is 4.79 Å². The van der Waals surface area contributed by atoms with Crippen molar-refractivity contribution in [3.05, 3.63) is 58.7 Å². The zero-order valence-electron chi connectivity index (χ0n) is 23.1. The van der Waals surface area contributed by atoms with E-state index in [-0.39, 0.29) is 11.5 Å². The monoisotopic (exact) mass is 583 g/mol. The molecule has 0 aliphatic heterocycles. The average Bonchev–Trinajstić information content (AvgIpc) is 2.92. The number of hydrogen-bond acceptors (Lipinski definition) is 7. The normalized spacial score (nSPS) is 14.7. The highest BCUT2D eigenvalue weighted by atomic mass is 35.5. The number of aromatic nitrogens is 2. The zero-order valence-corrected chi connectivity index (χ0v) is 24.6. The Hall–Kier alpha value is -3.20. The molecule has 4 rings (SSSR count). The second-order valence-electron chi connectivity index (χ2n) is 10.5. The van der Waals surface area contributed by atoms with Crippen LogP contribution in [0.3, 0.4) is 0 Å². The number of nitrogens with one attached hydrogen (secondary N) is 1. The third kappa shape index (κ3) is 6.74. The van der Waals surface area contributed by atoms with E-state index in [1.165, 1.54) is 0 Å². The predicted molar refractivity (Wildman–Crippen MR) is 160 cm³/mol. The van der Waals surface area contributed by atoms with E-state index < -0.39 is 16.7 Å². The summed E-state index contributed by atoms with van der Waals surface area (Å²) in [6.07, 6.45) is 4.33. The molecule has 8 nitrogen and oxygen atoms in total. The Labute approximate surface area is 245 Å². The number of nitrogens with two attached hydrogens (primary N) is 1. The molecule has 2 aromatic carbocycles. The van der Waals surface area contributed by atoms with E-state index in [0.717, 1.165) is 43.4 Å². The Bertz CT molecular complexity index is 1390. The molecule has 212 valence electrons. The maximum absolute atomic E-state index is 13.5. The average molecular weight is 585 g/mol. The van der Waals surface area contributed by atoms with Crippen molar-refractivity contribution in [1.82, 2.24) is 20.2 Å². The lowest BCUT2D eigenvalue weighted by atomic mass is 9.82. The largest absolute Gasteiger partial charge is 0.492 e. The van der Waals surface area contributed by atoms with Crippen LogP contribution in [-0.4, -0.2) is 58.8 Å². The first-order valence-corrected chi connectivity index (χ1v) is 14.2. The lowest BCUT2D eigenvalue weighted by Gasteiger charge is -2.34. The first-order valence-electron chi connectivity index (χ1n) is 13.4. The minimum absolute atomic E-state index is 0.0402. The number of amides is 1. The maximum Gasteiger partial charge on any atom is 0.274 e. The Morgan fingerprint density at radius 3 is 2.48 bits per heavy atom. The summed E-state index contributed by atoms with van der Waals surface area (Å²) in [5, 5.41) is 2.73. The van der Waals surface area contributed by atoms with Crippen LogP contribution >= 0.6 is 23.2 Å². The van der Waals surface area contributed by atoms with Gasteiger partial charge in [0, 0.05) is 17.7 Å². The van der Waals surface area contributed by atoms with Crippen LogP contribution in [0.1, 0.15) is 54.6 Å². The summed E-state index contributed by atoms with van der Waals surface area (Å²) in [6.45, 7) is 3.34. The number of carbonyl (C=O) groups is 2. The van der Waals surface area contributed by atoms with E-state index >= 15 is 0 Å². The van der Waals surface area contributed by atoms with Crippen molar-refractivity contribution in [2.24, 2.45) is 0 Å². The van der Waals surface area contributed by atoms with Crippen LogP contribution in [0.25, 0.3) is 22.5 Å². The molecule has 1 fully saturated rings. The molecule has 40 heavy (non-hydrogen) atoms. The highest BCUT2D eigenvalue weighted by molar-refractivity contribution is 6.65. The number of carbonyl (C=O) groups excluding carboxylic acids is 2. The van der Waals surface area contributed by atoms with Gasteiger partial charge >= 0.3 is 0 Å². The van der Waals surface area contributed by atoms with Crippen LogP contribution in [0, 0.1) is 6.92 Å². The third-order valence-corrected chi connectivity index (χ3v) is 7.86. The number of benzene rings is 2. The first-order chi connectivity index (χ1) is 19.1. The molecule has 0 unspecified atom stereocenters. The summed E-state index contributed by atoms with van der Waals surface area (Å²) in [5.74, 6) is -0.124. The smallest absolute Gasteiger partial charge is 0.274 e. The van der Waals surface area contributed by atoms with Crippen LogP contribution < -0.4 is 15.8 Å². The van der Waals surface area contributed by atoms with Crippen LogP contribution in [0.5, 0.6) is 5.75 Å². The van der Waals surface area contributed by atoms with Gasteiger partial charge in [-0.05, 0) is 69.6 Å². The maximum atomic E-state index is 13.5. The number of nitrogens with zero attached hydrogens (tertiary/aromatic N) is 3. The van der Waals surface area contributed by atoms with Gasteiger partial charge in [0.2, 0.25) is 5.24 Å². The van der Waals surface area contributed by atoms with Crippen LogP contribution in [0.4, 0.5) is 5.82 Å². The number of rotatable bonds is 10. The molecule has 1 aromatic heterocycles. The van der Waals surface area contributed by atoms with Crippen molar-refractivity contribution in [2.75, 3.05) is 33.0 Å². The summed E-state index contributed by atoms with van der Waals surface area (Å²) in [7, 11) is 4.01. The van der Waals surface area contributed by atoms with Gasteiger partial charge in [0.15, 0.2) is 11.5 Å². The Kier molecular flexibility index (Phi) is 9.66. The van der Waals surface area contributed by atoms with E-state index in [2.05, 4.69) is 15.2 Å². The summed E-state index contributed by atoms with van der Waals surface area (Å²) in [4.78, 5) is 37.4. The van der Waals surface area contributed by atoms with Crippen molar-refractivity contribution >= 4 is 40.2 Å². The van der Waals surface area contributed by atoms with Gasteiger partial charge in [-0.25, -0.2) is 9.97 Å². The van der Waals surface area contributed by atoms with Gasteiger partial charge in [-0.3, -0.25) is 9.59 Å². The SMILES string of the molecule is Cc1ccccc1-c1nc(N)c(C(=O)NC2(C(=O)Cl)CCCCC2)nc1-c1ccc(Cl)c(OCCCN(C)C)c1. The number of anilines is 1. The molecule has 3 N–H and O–H groups in total. The molecule has 1 saturated carbocycles. The van der Waals surface area contributed by atoms with Gasteiger partial charge < -0.3 is 20.7 Å². The number of ether oxygens (including phenoxy) is 1. The van der Waals surface area contributed by atoms with Crippen molar-refractivity contribution in [2.45, 2.75) is 51.0 Å². The Morgan fingerprint density at radius 2 is 1.80 bits per heavy atom. The lowest BCUT2D eigenvalue weighted by Crippen LogP contribution is -2.54. The molecule has 0 bridgehead atoms. The fraction of sp³-hybridized carbons (Fsp3) is 0.400. The summed E-state index contributed by atoms with van der Waals surface area (Å²) >= 11 is 12.5. The van der Waals surface area contributed by atoms with Gasteiger partial charge in [-0.2, -0.15) is 0 Å². The van der Waals surface area contributed by atoms with Gasteiger partial charge in [0.05, 0.1) is 23.0 Å². The van der Waals surface area contributed by atoms with Crippen molar-refractivity contribution in [3.8, 4) is 28.3 Å². The standard InChI is InChI=1S/C30H35Cl2N5O3/c1-19-10-5-6-11-21(19)25-24(20-12-13-22(31)23(18-20)40-17-9-16-37(2)3)34-26(27(33)35-25)28(38)36-30(29(32)39)14-7-4-8-15-30/h5-6,10-13,18H,4,7-9,14-17H2,1-3H3,(H2,33,35)(H,36,38). The molecule has 0 atom stereocenters. The van der Waals surface area contributed by atoms with E-state index in [1.54, 1.807) is 12.1 Å². The fourth-order valence-corrected chi connectivity index (χ4v) is 5.38. The van der Waals surface area contributed by atoms with Crippen molar-refractivity contribution < 1.29 is 14.3 Å². The summed E-state index contributed by atoms with van der Waals surface area (Å²) in [5.41, 5.74) is 8.54. The van der Waals surface area contributed by atoms with Gasteiger partial charge in [0.1, 0.15) is 11.3 Å². The Balaban J connectivity index is 1.77. The number of nitrogen functional groups attached to an aromatic ring is 1. The van der Waals surface area contributed by atoms with Crippen molar-refractivity contribution in [3.63, 3.8) is 0 Å². The molecular formula is C30H35Cl2N5O3. The molecule has 0 radical (unpaired) electrons. The van der Waals surface area contributed by atoms with E-state index in [1.807, 2.05) is 51.4 Å². The minimum Gasteiger partial charge on any atom is -0.492 e. The molecule has 0 spiro atoms. The first kappa shape index (κ1) is 29.8. The van der Waals surface area contributed by atoms with Crippen LogP contribution in [0.2, 0.25) is 5.02 Å². The topological polar surface area (TPSA) is 110 Å². The molecule has 1 heterocycles. The van der Waals surface area contributed by atoms with Gasteiger partial charge in [-0.15, -0.1) is 0 Å². The second-order valence-corrected chi connectivity index (χ2v) is 11.2. The van der Waals surface area contributed by atoms with Gasteiger partial charge in [-0.1, -0.05) is 61.2 Å². The molecule has 3 aromatic rings.